The second-order valence-corrected chi connectivity index (χ2v) is 7.47. The molecule has 8 heteroatoms. The van der Waals surface area contributed by atoms with Crippen molar-refractivity contribution in [3.8, 4) is 0 Å². The van der Waals surface area contributed by atoms with E-state index in [4.69, 9.17) is 11.6 Å². The quantitative estimate of drug-likeness (QED) is 0.813. The molecule has 1 N–H and O–H groups in total. The smallest absolute Gasteiger partial charge is 0.252 e. The number of carbonyl (C=O) groups is 2. The van der Waals surface area contributed by atoms with Gasteiger partial charge in [0.15, 0.2) is 0 Å². The zero-order chi connectivity index (χ0) is 18.7. The largest absolute Gasteiger partial charge is 0.349 e. The maximum Gasteiger partial charge on any atom is 0.252 e. The Morgan fingerprint density at radius 3 is 2.69 bits per heavy atom. The molecule has 0 spiro atoms. The topological polar surface area (TPSA) is 67.2 Å². The molecule has 2 amide bonds. The van der Waals surface area contributed by atoms with Gasteiger partial charge in [0.2, 0.25) is 5.91 Å². The molecule has 0 bridgehead atoms. The molecule has 2 aromatic rings. The van der Waals surface area contributed by atoms with E-state index in [9.17, 15) is 9.59 Å². The van der Waals surface area contributed by atoms with Gasteiger partial charge in [0.1, 0.15) is 5.15 Å². The first kappa shape index (κ1) is 18.7. The molecule has 138 valence electrons. The van der Waals surface area contributed by atoms with Crippen LogP contribution in [0.5, 0.6) is 0 Å². The number of aromatic nitrogens is 2. The van der Waals surface area contributed by atoms with E-state index in [0.717, 1.165) is 24.1 Å². The fraction of sp³-hybridized carbons (Fsp3) is 0.389. The van der Waals surface area contributed by atoms with Gasteiger partial charge in [-0.05, 0) is 37.3 Å². The fourth-order valence-corrected chi connectivity index (χ4v) is 3.88. The number of thiophene rings is 1. The minimum Gasteiger partial charge on any atom is -0.349 e. The second-order valence-electron chi connectivity index (χ2n) is 6.33. The highest BCUT2D eigenvalue weighted by Crippen LogP contribution is 2.20. The van der Waals surface area contributed by atoms with Crippen LogP contribution in [0.15, 0.2) is 22.9 Å². The third-order valence-corrected chi connectivity index (χ3v) is 5.65. The van der Waals surface area contributed by atoms with Gasteiger partial charge in [-0.15, -0.1) is 0 Å². The predicted molar refractivity (Wildman–Crippen MR) is 103 cm³/mol. The molecule has 1 aliphatic heterocycles. The van der Waals surface area contributed by atoms with E-state index in [2.05, 4.69) is 10.4 Å². The van der Waals surface area contributed by atoms with Gasteiger partial charge in [0.25, 0.3) is 5.91 Å². The Kier molecular flexibility index (Phi) is 5.78. The number of nitrogens with zero attached hydrogens (tertiary/aromatic N) is 3. The molecule has 1 aliphatic rings. The highest BCUT2D eigenvalue weighted by Gasteiger charge is 2.23. The lowest BCUT2D eigenvalue weighted by molar-refractivity contribution is -0.126. The highest BCUT2D eigenvalue weighted by atomic mass is 35.5. The summed E-state index contributed by atoms with van der Waals surface area (Å²) in [5.41, 5.74) is 2.25. The van der Waals surface area contributed by atoms with Crippen molar-refractivity contribution >= 4 is 40.8 Å². The molecule has 0 aromatic carbocycles. The molecule has 0 radical (unpaired) electrons. The summed E-state index contributed by atoms with van der Waals surface area (Å²) in [4.78, 5) is 26.3. The van der Waals surface area contributed by atoms with E-state index in [1.54, 1.807) is 28.8 Å². The maximum atomic E-state index is 12.4. The van der Waals surface area contributed by atoms with Crippen LogP contribution in [0.2, 0.25) is 5.15 Å². The molecule has 3 rings (SSSR count). The van der Waals surface area contributed by atoms with E-state index < -0.39 is 0 Å². The van der Waals surface area contributed by atoms with Gasteiger partial charge < -0.3 is 10.2 Å². The van der Waals surface area contributed by atoms with E-state index in [1.807, 2.05) is 23.8 Å². The second kappa shape index (κ2) is 8.05. The number of halogens is 1. The molecule has 1 fully saturated rings. The third-order valence-electron chi connectivity index (χ3n) is 4.51. The van der Waals surface area contributed by atoms with Gasteiger partial charge in [0, 0.05) is 48.8 Å². The average Bonchev–Trinajstić information content (AvgIpc) is 3.24. The minimum absolute atomic E-state index is 0.0439. The number of likely N-dealkylation sites (tertiary alicyclic amines) is 1. The zero-order valence-corrected chi connectivity index (χ0v) is 16.3. The lowest BCUT2D eigenvalue weighted by atomic mass is 10.0. The fourth-order valence-electron chi connectivity index (χ4n) is 3.00. The molecule has 2 aromatic heterocycles. The van der Waals surface area contributed by atoms with Crippen molar-refractivity contribution in [1.82, 2.24) is 20.0 Å². The average molecular weight is 393 g/mol. The number of rotatable bonds is 4. The lowest BCUT2D eigenvalue weighted by Gasteiger charge is -2.31. The van der Waals surface area contributed by atoms with Crippen molar-refractivity contribution in [2.24, 2.45) is 7.05 Å². The summed E-state index contributed by atoms with van der Waals surface area (Å²) < 4.78 is 1.59. The Balaban J connectivity index is 1.52. The van der Waals surface area contributed by atoms with Gasteiger partial charge in [-0.25, -0.2) is 0 Å². The molecule has 0 aliphatic carbocycles. The number of hydrogen-bond acceptors (Lipinski definition) is 4. The number of nitrogens with one attached hydrogen (secondary N) is 1. The van der Waals surface area contributed by atoms with Crippen LogP contribution in [0.3, 0.4) is 0 Å². The number of hydrogen-bond donors (Lipinski definition) is 1. The molecule has 6 nitrogen and oxygen atoms in total. The highest BCUT2D eigenvalue weighted by molar-refractivity contribution is 7.08. The molecule has 3 heterocycles. The summed E-state index contributed by atoms with van der Waals surface area (Å²) >= 11 is 7.68. The molecule has 0 saturated carbocycles. The van der Waals surface area contributed by atoms with E-state index in [1.165, 1.54) is 11.3 Å². The maximum absolute atomic E-state index is 12.4. The van der Waals surface area contributed by atoms with E-state index in [-0.39, 0.29) is 17.9 Å². The molecular weight excluding hydrogens is 372 g/mol. The van der Waals surface area contributed by atoms with Crippen molar-refractivity contribution in [2.75, 3.05) is 13.1 Å². The number of aryl methyl sites for hydroxylation is 2. The van der Waals surface area contributed by atoms with Gasteiger partial charge in [0.05, 0.1) is 5.69 Å². The third kappa shape index (κ3) is 4.16. The first-order valence-electron chi connectivity index (χ1n) is 8.45. The minimum atomic E-state index is -0.0491. The van der Waals surface area contributed by atoms with Crippen LogP contribution >= 0.6 is 22.9 Å². The lowest BCUT2D eigenvalue weighted by Crippen LogP contribution is -2.46. The Morgan fingerprint density at radius 2 is 2.12 bits per heavy atom. The summed E-state index contributed by atoms with van der Waals surface area (Å²) in [5.74, 6) is -0.0930. The standard InChI is InChI=1S/C18H21ClN4O2S/c1-12-15(17(19)22(2)21-12)3-4-16(24)23-8-5-14(6-9-23)20-18(25)13-7-10-26-11-13/h3-4,7,10-11,14H,5-6,8-9H2,1-2H3,(H,20,25)/b4-3+. The first-order chi connectivity index (χ1) is 12.5. The van der Waals surface area contributed by atoms with E-state index >= 15 is 0 Å². The summed E-state index contributed by atoms with van der Waals surface area (Å²) in [6.45, 7) is 3.10. The number of piperidine rings is 1. The van der Waals surface area contributed by atoms with Crippen LogP contribution in [-0.4, -0.2) is 45.6 Å². The monoisotopic (exact) mass is 392 g/mol. The predicted octanol–water partition coefficient (Wildman–Crippen LogP) is 2.88. The van der Waals surface area contributed by atoms with Crippen molar-refractivity contribution in [3.63, 3.8) is 0 Å². The van der Waals surface area contributed by atoms with Crippen molar-refractivity contribution in [2.45, 2.75) is 25.8 Å². The summed E-state index contributed by atoms with van der Waals surface area (Å²) in [5, 5.41) is 11.5. The summed E-state index contributed by atoms with van der Waals surface area (Å²) in [7, 11) is 1.77. The van der Waals surface area contributed by atoms with Gasteiger partial charge >= 0.3 is 0 Å². The van der Waals surface area contributed by atoms with Crippen molar-refractivity contribution in [1.29, 1.82) is 0 Å². The zero-order valence-electron chi connectivity index (χ0n) is 14.7. The SMILES string of the molecule is Cc1nn(C)c(Cl)c1/C=C/C(=O)N1CCC(NC(=O)c2ccsc2)CC1. The Hall–Kier alpha value is -2.12. The van der Waals surface area contributed by atoms with Crippen LogP contribution in [0.4, 0.5) is 0 Å². The van der Waals surface area contributed by atoms with Crippen LogP contribution in [-0.2, 0) is 11.8 Å². The van der Waals surface area contributed by atoms with Gasteiger partial charge in [-0.1, -0.05) is 11.6 Å². The molecule has 26 heavy (non-hydrogen) atoms. The Bertz CT molecular complexity index is 821. The van der Waals surface area contributed by atoms with Crippen LogP contribution in [0.25, 0.3) is 6.08 Å². The van der Waals surface area contributed by atoms with Crippen LogP contribution < -0.4 is 5.32 Å². The van der Waals surface area contributed by atoms with Gasteiger partial charge in [-0.3, -0.25) is 14.3 Å². The van der Waals surface area contributed by atoms with Gasteiger partial charge in [-0.2, -0.15) is 16.4 Å². The van der Waals surface area contributed by atoms with Crippen LogP contribution in [0, 0.1) is 6.92 Å². The van der Waals surface area contributed by atoms with Crippen molar-refractivity contribution in [3.05, 3.63) is 44.9 Å². The molecular formula is C18H21ClN4O2S. The Labute approximate surface area is 161 Å². The molecule has 0 unspecified atom stereocenters. The number of amides is 2. The van der Waals surface area contributed by atoms with Crippen LogP contribution in [0.1, 0.15) is 34.5 Å². The number of carbonyl (C=O) groups excluding carboxylic acids is 2. The summed E-state index contributed by atoms with van der Waals surface area (Å²) in [6, 6.07) is 1.92. The van der Waals surface area contributed by atoms with Crippen molar-refractivity contribution < 1.29 is 9.59 Å². The van der Waals surface area contributed by atoms with E-state index in [0.29, 0.717) is 23.8 Å². The normalized spacial score (nSPS) is 15.6. The molecule has 1 saturated heterocycles. The molecule has 0 atom stereocenters. The summed E-state index contributed by atoms with van der Waals surface area (Å²) in [6.07, 6.45) is 4.77. The Morgan fingerprint density at radius 1 is 1.38 bits per heavy atom. The first-order valence-corrected chi connectivity index (χ1v) is 9.77.